The fourth-order valence-corrected chi connectivity index (χ4v) is 3.46. The van der Waals surface area contributed by atoms with E-state index >= 15 is 0 Å². The molecule has 0 saturated carbocycles. The Bertz CT molecular complexity index is 1080. The van der Waals surface area contributed by atoms with Crippen LogP contribution in [0.15, 0.2) is 71.8 Å². The van der Waals surface area contributed by atoms with Gasteiger partial charge >= 0.3 is 0 Å². The van der Waals surface area contributed by atoms with Crippen molar-refractivity contribution in [2.45, 2.75) is 4.90 Å². The summed E-state index contributed by atoms with van der Waals surface area (Å²) in [5.74, 6) is -0.393. The molecular weight excluding hydrogens is 382 g/mol. The Labute approximate surface area is 161 Å². The number of rotatable bonds is 6. The van der Waals surface area contributed by atoms with E-state index in [0.717, 1.165) is 0 Å². The summed E-state index contributed by atoms with van der Waals surface area (Å²) in [5.41, 5.74) is 0.339. The highest BCUT2D eigenvalue weighted by molar-refractivity contribution is 7.92. The zero-order valence-corrected chi connectivity index (χ0v) is 15.6. The number of sulfonamides is 1. The smallest absolute Gasteiger partial charge is 0.263 e. The Balaban J connectivity index is 1.77. The molecule has 3 rings (SSSR count). The molecule has 3 N–H and O–H groups in total. The number of benzene rings is 2. The first kappa shape index (κ1) is 19.2. The van der Waals surface area contributed by atoms with Crippen molar-refractivity contribution in [2.75, 3.05) is 17.1 Å². The van der Waals surface area contributed by atoms with Gasteiger partial charge in [0.1, 0.15) is 22.9 Å². The highest BCUT2D eigenvalue weighted by atomic mass is 32.2. The number of carbonyl (C=O) groups excluding carboxylic acids is 1. The molecule has 28 heavy (non-hydrogen) atoms. The number of phenols is 1. The Kier molecular flexibility index (Phi) is 5.46. The molecule has 0 aliphatic rings. The number of amides is 1. The van der Waals surface area contributed by atoms with Gasteiger partial charge in [-0.2, -0.15) is 0 Å². The Morgan fingerprint density at radius 3 is 2.43 bits per heavy atom. The third kappa shape index (κ3) is 4.21. The van der Waals surface area contributed by atoms with Crippen molar-refractivity contribution in [1.82, 2.24) is 4.98 Å². The van der Waals surface area contributed by atoms with Gasteiger partial charge in [0.15, 0.2) is 0 Å². The van der Waals surface area contributed by atoms with Gasteiger partial charge in [0.2, 0.25) is 0 Å². The Morgan fingerprint density at radius 1 is 1.04 bits per heavy atom. The lowest BCUT2D eigenvalue weighted by Crippen LogP contribution is -2.15. The molecule has 0 spiro atoms. The molecule has 144 valence electrons. The van der Waals surface area contributed by atoms with Crippen LogP contribution in [0.5, 0.6) is 11.5 Å². The van der Waals surface area contributed by atoms with Crippen molar-refractivity contribution in [3.05, 3.63) is 72.4 Å². The molecule has 8 nitrogen and oxygen atoms in total. The Hall–Kier alpha value is -3.59. The first-order valence-corrected chi connectivity index (χ1v) is 9.60. The molecule has 0 saturated heterocycles. The molecule has 0 aliphatic heterocycles. The second-order valence-corrected chi connectivity index (χ2v) is 7.34. The number of anilines is 2. The summed E-state index contributed by atoms with van der Waals surface area (Å²) in [6.07, 6.45) is 1.48. The maximum atomic E-state index is 12.4. The number of hydrogen-bond donors (Lipinski definition) is 3. The zero-order chi connectivity index (χ0) is 20.1. The van der Waals surface area contributed by atoms with E-state index in [-0.39, 0.29) is 27.8 Å². The number of nitrogens with zero attached hydrogens (tertiary/aromatic N) is 1. The van der Waals surface area contributed by atoms with Gasteiger partial charge in [0.25, 0.3) is 15.9 Å². The van der Waals surface area contributed by atoms with Crippen molar-refractivity contribution in [3.63, 3.8) is 0 Å². The predicted molar refractivity (Wildman–Crippen MR) is 104 cm³/mol. The second kappa shape index (κ2) is 7.97. The van der Waals surface area contributed by atoms with Crippen LogP contribution in [-0.4, -0.2) is 31.5 Å². The molecule has 0 aliphatic carbocycles. The van der Waals surface area contributed by atoms with E-state index in [0.29, 0.717) is 5.69 Å². The highest BCUT2D eigenvalue weighted by Crippen LogP contribution is 2.28. The third-order valence-corrected chi connectivity index (χ3v) is 5.15. The number of nitrogens with one attached hydrogen (secondary N) is 2. The van der Waals surface area contributed by atoms with Gasteiger partial charge in [-0.1, -0.05) is 12.1 Å². The maximum absolute atomic E-state index is 12.4. The van der Waals surface area contributed by atoms with Gasteiger partial charge in [-0.25, -0.2) is 13.4 Å². The van der Waals surface area contributed by atoms with Gasteiger partial charge in [-0.15, -0.1) is 0 Å². The quantitative estimate of drug-likeness (QED) is 0.587. The van der Waals surface area contributed by atoms with Crippen LogP contribution in [0.4, 0.5) is 11.5 Å². The lowest BCUT2D eigenvalue weighted by molar-refractivity contribution is 0.102. The number of aromatic nitrogens is 1. The van der Waals surface area contributed by atoms with Crippen LogP contribution in [-0.2, 0) is 10.0 Å². The van der Waals surface area contributed by atoms with Crippen molar-refractivity contribution in [1.29, 1.82) is 0 Å². The third-order valence-electron chi connectivity index (χ3n) is 3.78. The minimum atomic E-state index is -3.81. The standard InChI is InChI=1S/C19H17N3O5S/c1-27-16-6-4-5-15(23)18(16)19(24)21-13-8-10-14(11-9-13)28(25,26)22-17-7-2-3-12-20-17/h2-12,23H,1H3,(H,20,22)(H,21,24). The normalized spacial score (nSPS) is 10.9. The van der Waals surface area contributed by atoms with Crippen LogP contribution in [0.3, 0.4) is 0 Å². The monoisotopic (exact) mass is 399 g/mol. The molecular formula is C19H17N3O5S. The van der Waals surface area contributed by atoms with E-state index in [1.54, 1.807) is 24.3 Å². The highest BCUT2D eigenvalue weighted by Gasteiger charge is 2.18. The molecule has 3 aromatic rings. The number of hydrogen-bond acceptors (Lipinski definition) is 6. The average Bonchev–Trinajstić information content (AvgIpc) is 2.68. The molecule has 2 aromatic carbocycles. The second-order valence-electron chi connectivity index (χ2n) is 5.65. The van der Waals surface area contributed by atoms with Crippen molar-refractivity contribution in [3.8, 4) is 11.5 Å². The molecule has 0 fully saturated rings. The minimum Gasteiger partial charge on any atom is -0.507 e. The Morgan fingerprint density at radius 2 is 1.79 bits per heavy atom. The predicted octanol–water partition coefficient (Wildman–Crippen LogP) is 2.85. The SMILES string of the molecule is COc1cccc(O)c1C(=O)Nc1ccc(S(=O)(=O)Nc2ccccn2)cc1. The summed E-state index contributed by atoms with van der Waals surface area (Å²) in [4.78, 5) is 16.4. The first-order chi connectivity index (χ1) is 13.4. The molecule has 1 amide bonds. The first-order valence-electron chi connectivity index (χ1n) is 8.12. The number of carbonyl (C=O) groups is 1. The van der Waals surface area contributed by atoms with Crippen LogP contribution in [0, 0.1) is 0 Å². The number of pyridine rings is 1. The van der Waals surface area contributed by atoms with E-state index in [4.69, 9.17) is 4.74 Å². The lowest BCUT2D eigenvalue weighted by atomic mass is 10.1. The lowest BCUT2D eigenvalue weighted by Gasteiger charge is -2.11. The summed E-state index contributed by atoms with van der Waals surface area (Å²) < 4.78 is 32.3. The summed E-state index contributed by atoms with van der Waals surface area (Å²) in [5, 5.41) is 12.5. The number of aromatic hydroxyl groups is 1. The topological polar surface area (TPSA) is 118 Å². The number of methoxy groups -OCH3 is 1. The van der Waals surface area contributed by atoms with E-state index in [1.807, 2.05) is 0 Å². The van der Waals surface area contributed by atoms with Crippen LogP contribution < -0.4 is 14.8 Å². The van der Waals surface area contributed by atoms with E-state index in [9.17, 15) is 18.3 Å². The molecule has 0 radical (unpaired) electrons. The maximum Gasteiger partial charge on any atom is 0.263 e. The molecule has 0 bridgehead atoms. The minimum absolute atomic E-state index is 0.0105. The van der Waals surface area contributed by atoms with Crippen LogP contribution in [0.2, 0.25) is 0 Å². The summed E-state index contributed by atoms with van der Waals surface area (Å²) >= 11 is 0. The fraction of sp³-hybridized carbons (Fsp3) is 0.0526. The van der Waals surface area contributed by atoms with Crippen LogP contribution in [0.1, 0.15) is 10.4 Å². The van der Waals surface area contributed by atoms with Gasteiger partial charge in [-0.3, -0.25) is 9.52 Å². The van der Waals surface area contributed by atoms with E-state index in [1.165, 1.54) is 49.7 Å². The van der Waals surface area contributed by atoms with Crippen molar-refractivity contribution < 1.29 is 23.1 Å². The van der Waals surface area contributed by atoms with Crippen molar-refractivity contribution in [2.24, 2.45) is 0 Å². The van der Waals surface area contributed by atoms with Gasteiger partial charge < -0.3 is 15.2 Å². The summed E-state index contributed by atoms with van der Waals surface area (Å²) in [7, 11) is -2.42. The molecule has 1 aromatic heterocycles. The average molecular weight is 399 g/mol. The number of phenolic OH excluding ortho intramolecular Hbond substituents is 1. The van der Waals surface area contributed by atoms with E-state index < -0.39 is 15.9 Å². The molecule has 0 unspecified atom stereocenters. The van der Waals surface area contributed by atoms with Gasteiger partial charge in [0.05, 0.1) is 12.0 Å². The number of ether oxygens (including phenoxy) is 1. The van der Waals surface area contributed by atoms with Gasteiger partial charge in [-0.05, 0) is 48.5 Å². The van der Waals surface area contributed by atoms with Gasteiger partial charge in [0, 0.05) is 11.9 Å². The fourth-order valence-electron chi connectivity index (χ4n) is 2.45. The van der Waals surface area contributed by atoms with Crippen molar-refractivity contribution >= 4 is 27.4 Å². The molecule has 9 heteroatoms. The van der Waals surface area contributed by atoms with E-state index in [2.05, 4.69) is 15.0 Å². The summed E-state index contributed by atoms with van der Waals surface area (Å²) in [6.45, 7) is 0. The largest absolute Gasteiger partial charge is 0.507 e. The summed E-state index contributed by atoms with van der Waals surface area (Å²) in [6, 6.07) is 14.9. The van der Waals surface area contributed by atoms with Crippen LogP contribution >= 0.6 is 0 Å². The molecule has 1 heterocycles. The molecule has 0 atom stereocenters. The zero-order valence-electron chi connectivity index (χ0n) is 14.8. The van der Waals surface area contributed by atoms with Crippen LogP contribution in [0.25, 0.3) is 0 Å².